The Bertz CT molecular complexity index is 1080. The molecule has 0 saturated carbocycles. The third-order valence-corrected chi connectivity index (χ3v) is 5.69. The van der Waals surface area contributed by atoms with Crippen LogP contribution in [-0.2, 0) is 11.3 Å². The lowest BCUT2D eigenvalue weighted by Gasteiger charge is -2.21. The van der Waals surface area contributed by atoms with E-state index in [1.165, 1.54) is 11.8 Å². The zero-order valence-electron chi connectivity index (χ0n) is 17.4. The molecule has 30 heavy (non-hydrogen) atoms. The third kappa shape index (κ3) is 5.39. The number of nitrogens with zero attached hydrogens (tertiary/aromatic N) is 2. The van der Waals surface area contributed by atoms with Crippen molar-refractivity contribution in [1.29, 1.82) is 0 Å². The molecule has 1 amide bonds. The van der Waals surface area contributed by atoms with Crippen molar-refractivity contribution >= 4 is 28.6 Å². The average Bonchev–Trinajstić information content (AvgIpc) is 2.74. The van der Waals surface area contributed by atoms with Crippen LogP contribution in [-0.4, -0.2) is 21.2 Å². The van der Waals surface area contributed by atoms with Gasteiger partial charge >= 0.3 is 0 Å². The minimum atomic E-state index is -0.120. The number of benzene rings is 2. The van der Waals surface area contributed by atoms with Crippen molar-refractivity contribution < 1.29 is 4.79 Å². The fourth-order valence-corrected chi connectivity index (χ4v) is 4.17. The number of carbonyl (C=O) groups excluding carboxylic acids is 1. The lowest BCUT2D eigenvalue weighted by molar-refractivity contribution is -0.119. The Labute approximate surface area is 181 Å². The van der Waals surface area contributed by atoms with Crippen molar-refractivity contribution in [2.45, 2.75) is 38.0 Å². The largest absolute Gasteiger partial charge is 0.349 e. The SMILES string of the molecule is C=CCn1c(SCC(=O)N[C@@H](CC(C)C)c2ccccc2)nc2ccccc2c1=O. The van der Waals surface area contributed by atoms with Crippen LogP contribution in [0.15, 0.2) is 77.2 Å². The highest BCUT2D eigenvalue weighted by Crippen LogP contribution is 2.22. The zero-order chi connectivity index (χ0) is 21.5. The smallest absolute Gasteiger partial charge is 0.262 e. The molecule has 156 valence electrons. The molecule has 0 aliphatic rings. The Kier molecular flexibility index (Phi) is 7.46. The number of hydrogen-bond acceptors (Lipinski definition) is 4. The van der Waals surface area contributed by atoms with Crippen molar-refractivity contribution in [3.05, 3.63) is 83.2 Å². The zero-order valence-corrected chi connectivity index (χ0v) is 18.2. The topological polar surface area (TPSA) is 64.0 Å². The van der Waals surface area contributed by atoms with Crippen molar-refractivity contribution in [2.75, 3.05) is 5.75 Å². The predicted molar refractivity (Wildman–Crippen MR) is 124 cm³/mol. The number of amides is 1. The molecular formula is C24H27N3O2S. The summed E-state index contributed by atoms with van der Waals surface area (Å²) >= 11 is 1.27. The van der Waals surface area contributed by atoms with Crippen molar-refractivity contribution in [2.24, 2.45) is 5.92 Å². The van der Waals surface area contributed by atoms with Gasteiger partial charge in [-0.25, -0.2) is 4.98 Å². The molecule has 3 aromatic rings. The van der Waals surface area contributed by atoms with Crippen LogP contribution in [0.2, 0.25) is 0 Å². The molecule has 0 aliphatic heterocycles. The summed E-state index contributed by atoms with van der Waals surface area (Å²) < 4.78 is 1.57. The number of allylic oxidation sites excluding steroid dienone is 1. The van der Waals surface area contributed by atoms with Gasteiger partial charge in [-0.15, -0.1) is 6.58 Å². The molecule has 5 nitrogen and oxygen atoms in total. The summed E-state index contributed by atoms with van der Waals surface area (Å²) in [6, 6.07) is 17.2. The highest BCUT2D eigenvalue weighted by atomic mass is 32.2. The second-order valence-electron chi connectivity index (χ2n) is 7.56. The molecule has 1 N–H and O–H groups in total. The van der Waals surface area contributed by atoms with Crippen LogP contribution < -0.4 is 10.9 Å². The third-order valence-electron chi connectivity index (χ3n) is 4.71. The van der Waals surface area contributed by atoms with E-state index in [0.717, 1.165) is 12.0 Å². The fourth-order valence-electron chi connectivity index (χ4n) is 3.35. The molecule has 0 radical (unpaired) electrons. The molecule has 1 atom stereocenters. The van der Waals surface area contributed by atoms with Crippen LogP contribution in [0.3, 0.4) is 0 Å². The van der Waals surface area contributed by atoms with Crippen LogP contribution in [0.4, 0.5) is 0 Å². The summed E-state index contributed by atoms with van der Waals surface area (Å²) in [7, 11) is 0. The first-order chi connectivity index (χ1) is 14.5. The normalized spacial score (nSPS) is 12.1. The van der Waals surface area contributed by atoms with Crippen LogP contribution in [0.5, 0.6) is 0 Å². The van der Waals surface area contributed by atoms with Gasteiger partial charge in [-0.2, -0.15) is 0 Å². The van der Waals surface area contributed by atoms with Crippen LogP contribution in [0.25, 0.3) is 10.9 Å². The molecular weight excluding hydrogens is 394 g/mol. The minimum Gasteiger partial charge on any atom is -0.349 e. The Balaban J connectivity index is 1.77. The quantitative estimate of drug-likeness (QED) is 0.312. The van der Waals surface area contributed by atoms with Gasteiger partial charge in [-0.3, -0.25) is 14.2 Å². The van der Waals surface area contributed by atoms with Gasteiger partial charge in [0.1, 0.15) is 0 Å². The fraction of sp³-hybridized carbons (Fsp3) is 0.292. The number of carbonyl (C=O) groups is 1. The highest BCUT2D eigenvalue weighted by molar-refractivity contribution is 7.99. The van der Waals surface area contributed by atoms with Gasteiger partial charge in [0.15, 0.2) is 5.16 Å². The van der Waals surface area contributed by atoms with Gasteiger partial charge in [0.2, 0.25) is 5.91 Å². The van der Waals surface area contributed by atoms with E-state index in [0.29, 0.717) is 28.5 Å². The molecule has 0 bridgehead atoms. The molecule has 6 heteroatoms. The number of thioether (sulfide) groups is 1. The van der Waals surface area contributed by atoms with E-state index in [-0.39, 0.29) is 23.3 Å². The maximum Gasteiger partial charge on any atom is 0.262 e. The number of para-hydroxylation sites is 1. The van der Waals surface area contributed by atoms with Gasteiger partial charge in [0.05, 0.1) is 22.7 Å². The number of hydrogen-bond donors (Lipinski definition) is 1. The standard InChI is InChI=1S/C24H27N3O2S/c1-4-14-27-23(29)19-12-8-9-13-20(19)26-24(27)30-16-22(28)25-21(15-17(2)3)18-10-6-5-7-11-18/h4-13,17,21H,1,14-16H2,2-3H3,(H,25,28)/t21-/m0/s1. The maximum absolute atomic E-state index is 12.8. The van der Waals surface area contributed by atoms with Gasteiger partial charge in [0.25, 0.3) is 5.56 Å². The Hall–Kier alpha value is -2.86. The molecule has 0 unspecified atom stereocenters. The van der Waals surface area contributed by atoms with E-state index in [2.05, 4.69) is 30.7 Å². The maximum atomic E-state index is 12.8. The van der Waals surface area contributed by atoms with E-state index >= 15 is 0 Å². The summed E-state index contributed by atoms with van der Waals surface area (Å²) in [6.45, 7) is 8.37. The van der Waals surface area contributed by atoms with Crippen LogP contribution in [0.1, 0.15) is 31.9 Å². The molecule has 2 aromatic carbocycles. The lowest BCUT2D eigenvalue weighted by Crippen LogP contribution is -2.31. The van der Waals surface area contributed by atoms with E-state index in [1.807, 2.05) is 48.5 Å². The van der Waals surface area contributed by atoms with Crippen molar-refractivity contribution in [3.63, 3.8) is 0 Å². The molecule has 0 saturated heterocycles. The molecule has 1 heterocycles. The molecule has 0 aliphatic carbocycles. The van der Waals surface area contributed by atoms with E-state index < -0.39 is 0 Å². The Morgan fingerprint density at radius 1 is 1.17 bits per heavy atom. The van der Waals surface area contributed by atoms with Gasteiger partial charge < -0.3 is 5.32 Å². The first kappa shape index (κ1) is 21.8. The monoisotopic (exact) mass is 421 g/mol. The number of aromatic nitrogens is 2. The second kappa shape index (κ2) is 10.3. The minimum absolute atomic E-state index is 0.0424. The number of nitrogens with one attached hydrogen (secondary N) is 1. The first-order valence-electron chi connectivity index (χ1n) is 10.1. The molecule has 0 fully saturated rings. The summed E-state index contributed by atoms with van der Waals surface area (Å²) in [6.07, 6.45) is 2.52. The van der Waals surface area contributed by atoms with Gasteiger partial charge in [0, 0.05) is 6.54 Å². The van der Waals surface area contributed by atoms with Crippen molar-refractivity contribution in [1.82, 2.24) is 14.9 Å². The van der Waals surface area contributed by atoms with E-state index in [9.17, 15) is 9.59 Å². The first-order valence-corrected chi connectivity index (χ1v) is 11.1. The summed E-state index contributed by atoms with van der Waals surface area (Å²) in [5.41, 5.74) is 1.61. The van der Waals surface area contributed by atoms with Crippen LogP contribution in [0, 0.1) is 5.92 Å². The molecule has 1 aromatic heterocycles. The number of fused-ring (bicyclic) bond motifs is 1. The van der Waals surface area contributed by atoms with Gasteiger partial charge in [-0.05, 0) is 30.0 Å². The second-order valence-corrected chi connectivity index (χ2v) is 8.51. The summed E-state index contributed by atoms with van der Waals surface area (Å²) in [4.78, 5) is 30.2. The predicted octanol–water partition coefficient (Wildman–Crippen LogP) is 4.58. The van der Waals surface area contributed by atoms with E-state index in [4.69, 9.17) is 0 Å². The number of rotatable bonds is 9. The van der Waals surface area contributed by atoms with Crippen molar-refractivity contribution in [3.8, 4) is 0 Å². The lowest BCUT2D eigenvalue weighted by atomic mass is 9.97. The van der Waals surface area contributed by atoms with Gasteiger partial charge in [-0.1, -0.05) is 74.1 Å². The van der Waals surface area contributed by atoms with Crippen LogP contribution >= 0.6 is 11.8 Å². The molecule has 3 rings (SSSR count). The Morgan fingerprint density at radius 3 is 2.57 bits per heavy atom. The molecule has 0 spiro atoms. The Morgan fingerprint density at radius 2 is 1.87 bits per heavy atom. The summed E-state index contributed by atoms with van der Waals surface area (Å²) in [5, 5.41) is 4.23. The average molecular weight is 422 g/mol. The van der Waals surface area contributed by atoms with E-state index in [1.54, 1.807) is 16.7 Å². The highest BCUT2D eigenvalue weighted by Gasteiger charge is 2.17. The summed E-state index contributed by atoms with van der Waals surface area (Å²) in [5.74, 6) is 0.550.